The van der Waals surface area contributed by atoms with Gasteiger partial charge in [0.1, 0.15) is 12.1 Å². The van der Waals surface area contributed by atoms with Crippen LogP contribution in [0.4, 0.5) is 5.82 Å². The van der Waals surface area contributed by atoms with Gasteiger partial charge in [-0.2, -0.15) is 0 Å². The molecule has 1 aliphatic heterocycles. The number of fused-ring (bicyclic) bond motifs is 1. The second-order valence-electron chi connectivity index (χ2n) is 8.13. The summed E-state index contributed by atoms with van der Waals surface area (Å²) in [6.07, 6.45) is 6.38. The average Bonchev–Trinajstić information content (AvgIpc) is 3.15. The Morgan fingerprint density at radius 3 is 2.38 bits per heavy atom. The molecule has 4 aromatic rings. The van der Waals surface area contributed by atoms with Crippen LogP contribution in [0.1, 0.15) is 25.3 Å². The first-order chi connectivity index (χ1) is 14.2. The van der Waals surface area contributed by atoms with Crippen LogP contribution >= 0.6 is 0 Å². The van der Waals surface area contributed by atoms with Crippen LogP contribution in [0.15, 0.2) is 67.1 Å². The van der Waals surface area contributed by atoms with Gasteiger partial charge in [-0.05, 0) is 42.9 Å². The molecule has 0 unspecified atom stereocenters. The number of aryl methyl sites for hydroxylation is 1. The highest BCUT2D eigenvalue weighted by molar-refractivity contribution is 6.02. The molecule has 0 bridgehead atoms. The van der Waals surface area contributed by atoms with Crippen molar-refractivity contribution < 1.29 is 0 Å². The zero-order chi connectivity index (χ0) is 19.8. The summed E-state index contributed by atoms with van der Waals surface area (Å²) in [4.78, 5) is 12.0. The predicted octanol–water partition coefficient (Wildman–Crippen LogP) is 5.63. The van der Waals surface area contributed by atoms with Crippen molar-refractivity contribution in [1.82, 2.24) is 14.5 Å². The van der Waals surface area contributed by atoms with E-state index in [0.29, 0.717) is 0 Å². The molecule has 1 aliphatic rings. The van der Waals surface area contributed by atoms with Crippen LogP contribution in [0.3, 0.4) is 0 Å². The van der Waals surface area contributed by atoms with E-state index in [0.717, 1.165) is 41.5 Å². The van der Waals surface area contributed by atoms with Gasteiger partial charge in [0, 0.05) is 30.5 Å². The summed E-state index contributed by atoms with van der Waals surface area (Å²) in [5.74, 6) is 1.85. The van der Waals surface area contributed by atoms with Gasteiger partial charge in [-0.3, -0.25) is 0 Å². The van der Waals surface area contributed by atoms with Crippen LogP contribution in [0.2, 0.25) is 0 Å². The van der Waals surface area contributed by atoms with Crippen LogP contribution < -0.4 is 4.90 Å². The quantitative estimate of drug-likeness (QED) is 0.460. The number of para-hydroxylation sites is 1. The second kappa shape index (κ2) is 7.36. The number of nitrogens with zero attached hydrogens (tertiary/aromatic N) is 4. The minimum Gasteiger partial charge on any atom is -0.356 e. The first-order valence-electron chi connectivity index (χ1n) is 10.4. The molecule has 0 spiro atoms. The molecule has 4 nitrogen and oxygen atoms in total. The number of rotatable bonds is 3. The maximum Gasteiger partial charge on any atom is 0.150 e. The lowest BCUT2D eigenvalue weighted by Crippen LogP contribution is -2.33. The third-order valence-corrected chi connectivity index (χ3v) is 6.11. The van der Waals surface area contributed by atoms with Crippen LogP contribution in [0.5, 0.6) is 0 Å². The summed E-state index contributed by atoms with van der Waals surface area (Å²) in [7, 11) is 0. The Kier molecular flexibility index (Phi) is 4.55. The largest absolute Gasteiger partial charge is 0.356 e. The Labute approximate surface area is 171 Å². The van der Waals surface area contributed by atoms with Crippen molar-refractivity contribution in [1.29, 1.82) is 0 Å². The molecule has 29 heavy (non-hydrogen) atoms. The number of piperidine rings is 1. The fraction of sp³-hybridized carbons (Fsp3) is 0.280. The summed E-state index contributed by atoms with van der Waals surface area (Å²) in [5.41, 5.74) is 5.76. The minimum absolute atomic E-state index is 0.786. The summed E-state index contributed by atoms with van der Waals surface area (Å²) in [6, 6.07) is 19.1. The number of aromatic nitrogens is 3. The Bertz CT molecular complexity index is 1140. The molecule has 4 heteroatoms. The summed E-state index contributed by atoms with van der Waals surface area (Å²) >= 11 is 0. The lowest BCUT2D eigenvalue weighted by Gasteiger charge is -2.31. The Hall–Kier alpha value is -3.14. The zero-order valence-electron chi connectivity index (χ0n) is 17.0. The van der Waals surface area contributed by atoms with Gasteiger partial charge in [-0.1, -0.05) is 55.5 Å². The van der Waals surface area contributed by atoms with Crippen LogP contribution in [-0.2, 0) is 0 Å². The molecule has 1 saturated heterocycles. The van der Waals surface area contributed by atoms with E-state index in [1.54, 1.807) is 6.33 Å². The molecule has 0 aliphatic carbocycles. The summed E-state index contributed by atoms with van der Waals surface area (Å²) < 4.78 is 2.23. The van der Waals surface area contributed by atoms with Gasteiger partial charge in [0.05, 0.1) is 5.39 Å². The molecule has 0 radical (unpaired) electrons. The van der Waals surface area contributed by atoms with Crippen LogP contribution in [-0.4, -0.2) is 27.6 Å². The Balaban J connectivity index is 1.77. The van der Waals surface area contributed by atoms with E-state index in [2.05, 4.69) is 84.1 Å². The molecule has 146 valence electrons. The molecule has 1 fully saturated rings. The first-order valence-corrected chi connectivity index (χ1v) is 10.4. The van der Waals surface area contributed by atoms with Crippen molar-refractivity contribution in [2.45, 2.75) is 26.7 Å². The van der Waals surface area contributed by atoms with Crippen molar-refractivity contribution in [2.24, 2.45) is 5.92 Å². The molecule has 5 rings (SSSR count). The van der Waals surface area contributed by atoms with Crippen molar-refractivity contribution in [3.8, 4) is 16.8 Å². The number of anilines is 1. The lowest BCUT2D eigenvalue weighted by molar-refractivity contribution is 0.437. The monoisotopic (exact) mass is 382 g/mol. The van der Waals surface area contributed by atoms with Gasteiger partial charge < -0.3 is 9.47 Å². The van der Waals surface area contributed by atoms with E-state index >= 15 is 0 Å². The van der Waals surface area contributed by atoms with Crippen molar-refractivity contribution >= 4 is 16.9 Å². The highest BCUT2D eigenvalue weighted by atomic mass is 15.2. The van der Waals surface area contributed by atoms with Crippen molar-refractivity contribution in [3.05, 3.63) is 72.7 Å². The van der Waals surface area contributed by atoms with Crippen LogP contribution in [0, 0.1) is 12.8 Å². The third kappa shape index (κ3) is 3.19. The molecular weight excluding hydrogens is 356 g/mol. The fourth-order valence-electron chi connectivity index (χ4n) is 4.36. The number of hydrogen-bond donors (Lipinski definition) is 0. The lowest BCUT2D eigenvalue weighted by atomic mass is 9.98. The van der Waals surface area contributed by atoms with Gasteiger partial charge in [-0.25, -0.2) is 9.97 Å². The third-order valence-electron chi connectivity index (χ3n) is 6.11. The molecular formula is C25H26N4. The SMILES string of the molecule is Cc1ccccc1-n1cc(-c2ccccc2)c2c(N3CCC(C)CC3)ncnc21. The van der Waals surface area contributed by atoms with Gasteiger partial charge in [0.2, 0.25) is 0 Å². The zero-order valence-corrected chi connectivity index (χ0v) is 17.0. The predicted molar refractivity (Wildman–Crippen MR) is 120 cm³/mol. The Morgan fingerprint density at radius 2 is 1.62 bits per heavy atom. The highest BCUT2D eigenvalue weighted by Gasteiger charge is 2.23. The molecule has 0 amide bonds. The van der Waals surface area contributed by atoms with Crippen molar-refractivity contribution in [2.75, 3.05) is 18.0 Å². The number of hydrogen-bond acceptors (Lipinski definition) is 3. The standard InChI is InChI=1S/C25H26N4/c1-18-12-14-28(15-13-18)24-23-21(20-9-4-3-5-10-20)16-29(25(23)27-17-26-24)22-11-7-6-8-19(22)2/h3-11,16-18H,12-15H2,1-2H3. The number of benzene rings is 2. The van der Waals surface area contributed by atoms with Gasteiger partial charge in [0.25, 0.3) is 0 Å². The van der Waals surface area contributed by atoms with Crippen LogP contribution in [0.25, 0.3) is 27.8 Å². The Morgan fingerprint density at radius 1 is 0.897 bits per heavy atom. The molecule has 0 atom stereocenters. The molecule has 0 N–H and O–H groups in total. The van der Waals surface area contributed by atoms with E-state index in [-0.39, 0.29) is 0 Å². The highest BCUT2D eigenvalue weighted by Crippen LogP contribution is 2.38. The summed E-state index contributed by atoms with van der Waals surface area (Å²) in [5, 5.41) is 1.15. The minimum atomic E-state index is 0.786. The van der Waals surface area contributed by atoms with Gasteiger partial charge in [0.15, 0.2) is 5.65 Å². The maximum atomic E-state index is 4.77. The van der Waals surface area contributed by atoms with Gasteiger partial charge in [-0.15, -0.1) is 0 Å². The van der Waals surface area contributed by atoms with E-state index in [4.69, 9.17) is 9.97 Å². The van der Waals surface area contributed by atoms with E-state index in [1.807, 2.05) is 0 Å². The van der Waals surface area contributed by atoms with E-state index in [9.17, 15) is 0 Å². The first kappa shape index (κ1) is 17.9. The normalized spacial score (nSPS) is 15.2. The molecule has 2 aromatic heterocycles. The molecule has 3 heterocycles. The van der Waals surface area contributed by atoms with Crippen molar-refractivity contribution in [3.63, 3.8) is 0 Å². The van der Waals surface area contributed by atoms with Gasteiger partial charge >= 0.3 is 0 Å². The molecule has 2 aromatic carbocycles. The summed E-state index contributed by atoms with van der Waals surface area (Å²) in [6.45, 7) is 6.60. The maximum absolute atomic E-state index is 4.77. The smallest absolute Gasteiger partial charge is 0.150 e. The van der Waals surface area contributed by atoms with E-state index < -0.39 is 0 Å². The average molecular weight is 383 g/mol. The fourth-order valence-corrected chi connectivity index (χ4v) is 4.36. The second-order valence-corrected chi connectivity index (χ2v) is 8.13. The molecule has 0 saturated carbocycles. The van der Waals surface area contributed by atoms with E-state index in [1.165, 1.54) is 29.5 Å². The topological polar surface area (TPSA) is 34.0 Å².